The molecule has 2 rings (SSSR count). The number of sulfonamides is 1. The zero-order valence-corrected chi connectivity index (χ0v) is 13.4. The molecular formula is C14H22N2O4S. The van der Waals surface area contributed by atoms with Crippen LogP contribution in [0.25, 0.3) is 0 Å². The van der Waals surface area contributed by atoms with E-state index in [2.05, 4.69) is 10.0 Å². The fourth-order valence-electron chi connectivity index (χ4n) is 2.08. The van der Waals surface area contributed by atoms with Crippen molar-refractivity contribution in [1.82, 2.24) is 4.72 Å². The minimum absolute atomic E-state index is 0.0870. The SMILES string of the molecule is CCNS(=O)(=O)c1ccccc1NC1COC(C)(C)OC1. The van der Waals surface area contributed by atoms with E-state index in [1.807, 2.05) is 13.8 Å². The van der Waals surface area contributed by atoms with E-state index < -0.39 is 15.8 Å². The van der Waals surface area contributed by atoms with Gasteiger partial charge in [-0.05, 0) is 26.0 Å². The van der Waals surface area contributed by atoms with Crippen LogP contribution in [0, 0.1) is 0 Å². The fraction of sp³-hybridized carbons (Fsp3) is 0.571. The van der Waals surface area contributed by atoms with Crippen LogP contribution in [0.15, 0.2) is 29.2 Å². The molecule has 0 aromatic heterocycles. The van der Waals surface area contributed by atoms with Gasteiger partial charge >= 0.3 is 0 Å². The number of anilines is 1. The molecule has 0 saturated carbocycles. The number of hydrogen-bond acceptors (Lipinski definition) is 5. The smallest absolute Gasteiger partial charge is 0.242 e. The Balaban J connectivity index is 2.15. The van der Waals surface area contributed by atoms with Crippen LogP contribution >= 0.6 is 0 Å². The molecule has 2 N–H and O–H groups in total. The minimum atomic E-state index is -3.51. The lowest BCUT2D eigenvalue weighted by Gasteiger charge is -2.35. The van der Waals surface area contributed by atoms with Crippen molar-refractivity contribution in [2.24, 2.45) is 0 Å². The van der Waals surface area contributed by atoms with E-state index in [0.717, 1.165) is 0 Å². The minimum Gasteiger partial charge on any atom is -0.377 e. The summed E-state index contributed by atoms with van der Waals surface area (Å²) in [5.74, 6) is -0.590. The van der Waals surface area contributed by atoms with E-state index in [1.54, 1.807) is 31.2 Å². The highest BCUT2D eigenvalue weighted by Gasteiger charge is 2.29. The third-order valence-electron chi connectivity index (χ3n) is 3.13. The molecule has 1 heterocycles. The largest absolute Gasteiger partial charge is 0.377 e. The second-order valence-electron chi connectivity index (χ2n) is 5.36. The first kappa shape index (κ1) is 16.2. The van der Waals surface area contributed by atoms with Gasteiger partial charge in [-0.3, -0.25) is 0 Å². The highest BCUT2D eigenvalue weighted by Crippen LogP contribution is 2.24. The molecule has 0 unspecified atom stereocenters. The Bertz CT molecular complexity index is 576. The van der Waals surface area contributed by atoms with Crippen molar-refractivity contribution in [2.75, 3.05) is 25.1 Å². The molecule has 7 heteroatoms. The number of para-hydroxylation sites is 1. The summed E-state index contributed by atoms with van der Waals surface area (Å²) in [6, 6.07) is 6.73. The summed E-state index contributed by atoms with van der Waals surface area (Å²) in [6.45, 7) is 6.73. The van der Waals surface area contributed by atoms with Crippen LogP contribution in [-0.2, 0) is 19.5 Å². The highest BCUT2D eigenvalue weighted by atomic mass is 32.2. The molecule has 118 valence electrons. The molecule has 1 aromatic rings. The van der Waals surface area contributed by atoms with Crippen molar-refractivity contribution >= 4 is 15.7 Å². The maximum atomic E-state index is 12.2. The third kappa shape index (κ3) is 4.16. The molecule has 1 aliphatic rings. The molecule has 0 amide bonds. The van der Waals surface area contributed by atoms with E-state index in [1.165, 1.54) is 0 Å². The Kier molecular flexibility index (Phi) is 4.88. The predicted molar refractivity (Wildman–Crippen MR) is 80.7 cm³/mol. The van der Waals surface area contributed by atoms with E-state index in [0.29, 0.717) is 25.4 Å². The van der Waals surface area contributed by atoms with Crippen LogP contribution in [0.2, 0.25) is 0 Å². The number of hydrogen-bond donors (Lipinski definition) is 2. The van der Waals surface area contributed by atoms with Gasteiger partial charge in [0.25, 0.3) is 0 Å². The van der Waals surface area contributed by atoms with Gasteiger partial charge in [0, 0.05) is 6.54 Å². The molecule has 1 aromatic carbocycles. The average molecular weight is 314 g/mol. The summed E-state index contributed by atoms with van der Waals surface area (Å²) in [7, 11) is -3.51. The quantitative estimate of drug-likeness (QED) is 0.862. The van der Waals surface area contributed by atoms with Gasteiger partial charge in [-0.25, -0.2) is 13.1 Å². The van der Waals surface area contributed by atoms with E-state index in [9.17, 15) is 8.42 Å². The first-order chi connectivity index (χ1) is 9.84. The number of rotatable bonds is 5. The lowest BCUT2D eigenvalue weighted by Crippen LogP contribution is -2.45. The molecule has 0 aliphatic carbocycles. The molecule has 1 aliphatic heterocycles. The average Bonchev–Trinajstić information content (AvgIpc) is 2.42. The molecule has 0 spiro atoms. The molecular weight excluding hydrogens is 292 g/mol. The molecule has 0 radical (unpaired) electrons. The molecule has 1 saturated heterocycles. The standard InChI is InChI=1S/C14H22N2O4S/c1-4-15-21(17,18)13-8-6-5-7-12(13)16-11-9-19-14(2,3)20-10-11/h5-8,11,15-16H,4,9-10H2,1-3H3. The molecule has 0 bridgehead atoms. The van der Waals surface area contributed by atoms with Gasteiger partial charge in [-0.2, -0.15) is 0 Å². The van der Waals surface area contributed by atoms with E-state index in [-0.39, 0.29) is 10.9 Å². The van der Waals surface area contributed by atoms with Gasteiger partial charge in [-0.15, -0.1) is 0 Å². The van der Waals surface area contributed by atoms with Gasteiger partial charge < -0.3 is 14.8 Å². The summed E-state index contributed by atoms with van der Waals surface area (Å²) in [5.41, 5.74) is 0.551. The lowest BCUT2D eigenvalue weighted by molar-refractivity contribution is -0.247. The monoisotopic (exact) mass is 314 g/mol. The Hall–Kier alpha value is -1.15. The lowest BCUT2D eigenvalue weighted by atomic mass is 10.2. The fourth-order valence-corrected chi connectivity index (χ4v) is 3.29. The van der Waals surface area contributed by atoms with Crippen LogP contribution in [-0.4, -0.2) is 40.0 Å². The maximum absolute atomic E-state index is 12.2. The summed E-state index contributed by atoms with van der Waals surface area (Å²) in [4.78, 5) is 0.233. The zero-order valence-electron chi connectivity index (χ0n) is 12.5. The van der Waals surface area contributed by atoms with Crippen molar-refractivity contribution in [1.29, 1.82) is 0 Å². The Morgan fingerprint density at radius 3 is 2.48 bits per heavy atom. The van der Waals surface area contributed by atoms with Crippen molar-refractivity contribution in [3.05, 3.63) is 24.3 Å². The Morgan fingerprint density at radius 2 is 1.86 bits per heavy atom. The number of ether oxygens (including phenoxy) is 2. The number of nitrogens with one attached hydrogen (secondary N) is 2. The van der Waals surface area contributed by atoms with E-state index >= 15 is 0 Å². The number of benzene rings is 1. The van der Waals surface area contributed by atoms with Crippen LogP contribution < -0.4 is 10.0 Å². The van der Waals surface area contributed by atoms with Crippen molar-refractivity contribution < 1.29 is 17.9 Å². The van der Waals surface area contributed by atoms with Crippen molar-refractivity contribution in [2.45, 2.75) is 37.5 Å². The normalized spacial score (nSPS) is 19.4. The molecule has 0 atom stereocenters. The predicted octanol–water partition coefficient (Wildman–Crippen LogP) is 1.55. The molecule has 1 fully saturated rings. The third-order valence-corrected chi connectivity index (χ3v) is 4.74. The van der Waals surface area contributed by atoms with Gasteiger partial charge in [0.05, 0.1) is 24.9 Å². The zero-order chi connectivity index (χ0) is 15.5. The van der Waals surface area contributed by atoms with Gasteiger partial charge in [0.1, 0.15) is 4.90 Å². The van der Waals surface area contributed by atoms with Gasteiger partial charge in [-0.1, -0.05) is 19.1 Å². The van der Waals surface area contributed by atoms with Crippen molar-refractivity contribution in [3.63, 3.8) is 0 Å². The van der Waals surface area contributed by atoms with Crippen LogP contribution in [0.3, 0.4) is 0 Å². The van der Waals surface area contributed by atoms with Gasteiger partial charge in [0.2, 0.25) is 10.0 Å². The summed E-state index contributed by atoms with van der Waals surface area (Å²) in [5, 5.41) is 3.18. The van der Waals surface area contributed by atoms with E-state index in [4.69, 9.17) is 9.47 Å². The molecule has 21 heavy (non-hydrogen) atoms. The van der Waals surface area contributed by atoms with Gasteiger partial charge in [0.15, 0.2) is 5.79 Å². The highest BCUT2D eigenvalue weighted by molar-refractivity contribution is 7.89. The van der Waals surface area contributed by atoms with Crippen molar-refractivity contribution in [3.8, 4) is 0 Å². The first-order valence-electron chi connectivity index (χ1n) is 6.97. The van der Waals surface area contributed by atoms with Crippen LogP contribution in [0.1, 0.15) is 20.8 Å². The van der Waals surface area contributed by atoms with Crippen LogP contribution in [0.4, 0.5) is 5.69 Å². The Labute approximate surface area is 125 Å². The summed E-state index contributed by atoms with van der Waals surface area (Å²) in [6.07, 6.45) is 0. The maximum Gasteiger partial charge on any atom is 0.242 e. The second kappa shape index (κ2) is 6.31. The van der Waals surface area contributed by atoms with Crippen LogP contribution in [0.5, 0.6) is 0 Å². The Morgan fingerprint density at radius 1 is 1.24 bits per heavy atom. The topological polar surface area (TPSA) is 76.7 Å². The summed E-state index contributed by atoms with van der Waals surface area (Å²) >= 11 is 0. The second-order valence-corrected chi connectivity index (χ2v) is 7.10. The first-order valence-corrected chi connectivity index (χ1v) is 8.45. The summed E-state index contributed by atoms with van der Waals surface area (Å²) < 4.78 is 38.0. The molecule has 6 nitrogen and oxygen atoms in total.